The van der Waals surface area contributed by atoms with Crippen LogP contribution in [0.3, 0.4) is 0 Å². The Hall–Kier alpha value is -1.96. The molecule has 7 nitrogen and oxygen atoms in total. The van der Waals surface area contributed by atoms with E-state index >= 15 is 0 Å². The number of carbonyl (C=O) groups excluding carboxylic acids is 2. The average Bonchev–Trinajstić information content (AvgIpc) is 3.34. The molecule has 0 aromatic carbocycles. The first-order chi connectivity index (χ1) is 11.9. The lowest BCUT2D eigenvalue weighted by Crippen LogP contribution is -2.49. The van der Waals surface area contributed by atoms with E-state index in [0.717, 1.165) is 5.56 Å². The number of nitrogens with zero attached hydrogens (tertiary/aromatic N) is 2. The highest BCUT2D eigenvalue weighted by Crippen LogP contribution is 2.48. The molecule has 136 valence electrons. The number of amides is 2. The van der Waals surface area contributed by atoms with Gasteiger partial charge in [-0.3, -0.25) is 14.6 Å². The SMILES string of the molecule is CCN(C(=O)C1(C(=O)NCc2ccncc2)CC1)C1CCS(=O)(=O)C1. The molecule has 1 N–H and O–H groups in total. The van der Waals surface area contributed by atoms with E-state index in [-0.39, 0.29) is 29.4 Å². The largest absolute Gasteiger partial charge is 0.351 e. The average molecular weight is 365 g/mol. The molecule has 1 aliphatic carbocycles. The molecule has 1 aromatic rings. The second-order valence-corrected chi connectivity index (χ2v) is 9.00. The summed E-state index contributed by atoms with van der Waals surface area (Å²) in [5, 5.41) is 2.84. The first kappa shape index (κ1) is 17.8. The zero-order valence-electron chi connectivity index (χ0n) is 14.3. The Balaban J connectivity index is 1.66. The summed E-state index contributed by atoms with van der Waals surface area (Å²) < 4.78 is 23.4. The molecule has 1 saturated heterocycles. The molecular weight excluding hydrogens is 342 g/mol. The zero-order chi connectivity index (χ0) is 18.1. The van der Waals surface area contributed by atoms with Crippen molar-refractivity contribution in [3.63, 3.8) is 0 Å². The van der Waals surface area contributed by atoms with E-state index in [0.29, 0.717) is 32.4 Å². The van der Waals surface area contributed by atoms with Crippen molar-refractivity contribution in [2.24, 2.45) is 5.41 Å². The lowest BCUT2D eigenvalue weighted by atomic mass is 10.0. The van der Waals surface area contributed by atoms with Crippen molar-refractivity contribution in [3.05, 3.63) is 30.1 Å². The molecule has 2 aliphatic rings. The third kappa shape index (κ3) is 3.68. The van der Waals surface area contributed by atoms with Crippen LogP contribution in [0.2, 0.25) is 0 Å². The van der Waals surface area contributed by atoms with Crippen molar-refractivity contribution in [2.75, 3.05) is 18.1 Å². The first-order valence-corrected chi connectivity index (χ1v) is 10.4. The monoisotopic (exact) mass is 365 g/mol. The number of rotatable bonds is 6. The van der Waals surface area contributed by atoms with Crippen LogP contribution in [0.5, 0.6) is 0 Å². The summed E-state index contributed by atoms with van der Waals surface area (Å²) in [6.45, 7) is 2.59. The van der Waals surface area contributed by atoms with E-state index in [1.165, 1.54) is 0 Å². The van der Waals surface area contributed by atoms with Gasteiger partial charge in [0.05, 0.1) is 11.5 Å². The highest BCUT2D eigenvalue weighted by atomic mass is 32.2. The predicted molar refractivity (Wildman–Crippen MR) is 92.2 cm³/mol. The lowest BCUT2D eigenvalue weighted by molar-refractivity contribution is -0.145. The Morgan fingerprint density at radius 2 is 2.00 bits per heavy atom. The number of nitrogens with one attached hydrogen (secondary N) is 1. The number of sulfone groups is 1. The molecule has 1 unspecified atom stereocenters. The van der Waals surface area contributed by atoms with Crippen LogP contribution in [0.4, 0.5) is 0 Å². The molecule has 1 aromatic heterocycles. The molecule has 2 heterocycles. The van der Waals surface area contributed by atoms with Crippen molar-refractivity contribution >= 4 is 21.7 Å². The normalized spacial score (nSPS) is 23.0. The number of aromatic nitrogens is 1. The number of pyridine rings is 1. The van der Waals surface area contributed by atoms with Gasteiger partial charge in [-0.2, -0.15) is 0 Å². The van der Waals surface area contributed by atoms with Crippen molar-refractivity contribution in [3.8, 4) is 0 Å². The van der Waals surface area contributed by atoms with Crippen LogP contribution in [0, 0.1) is 5.41 Å². The van der Waals surface area contributed by atoms with Crippen LogP contribution < -0.4 is 5.32 Å². The van der Waals surface area contributed by atoms with E-state index in [1.807, 2.05) is 19.1 Å². The van der Waals surface area contributed by atoms with E-state index < -0.39 is 15.3 Å². The Morgan fingerprint density at radius 1 is 1.32 bits per heavy atom. The molecule has 25 heavy (non-hydrogen) atoms. The van der Waals surface area contributed by atoms with Crippen molar-refractivity contribution in [2.45, 2.75) is 38.8 Å². The minimum absolute atomic E-state index is 0.00128. The van der Waals surface area contributed by atoms with Gasteiger partial charge in [0, 0.05) is 31.5 Å². The van der Waals surface area contributed by atoms with Crippen LogP contribution in [-0.2, 0) is 26.0 Å². The van der Waals surface area contributed by atoms with Crippen LogP contribution >= 0.6 is 0 Å². The van der Waals surface area contributed by atoms with E-state index in [2.05, 4.69) is 10.3 Å². The Morgan fingerprint density at radius 3 is 2.52 bits per heavy atom. The molecule has 3 rings (SSSR count). The van der Waals surface area contributed by atoms with Crippen LogP contribution in [-0.4, -0.2) is 54.2 Å². The Kier molecular flexibility index (Phi) is 4.81. The van der Waals surface area contributed by atoms with Gasteiger partial charge in [-0.05, 0) is 43.9 Å². The van der Waals surface area contributed by atoms with Gasteiger partial charge < -0.3 is 10.2 Å². The fourth-order valence-electron chi connectivity index (χ4n) is 3.38. The summed E-state index contributed by atoms with van der Waals surface area (Å²) in [5.41, 5.74) is -0.101. The molecule has 0 spiro atoms. The second kappa shape index (κ2) is 6.74. The molecule has 2 fully saturated rings. The molecule has 1 atom stereocenters. The molecule has 1 aliphatic heterocycles. The fourth-order valence-corrected chi connectivity index (χ4v) is 5.11. The van der Waals surface area contributed by atoms with Gasteiger partial charge in [-0.15, -0.1) is 0 Å². The van der Waals surface area contributed by atoms with Gasteiger partial charge in [-0.25, -0.2) is 8.42 Å². The second-order valence-electron chi connectivity index (χ2n) is 6.77. The Labute approximate surface area is 147 Å². The molecule has 1 saturated carbocycles. The minimum atomic E-state index is -3.08. The predicted octanol–water partition coefficient (Wildman–Crippen LogP) is 0.514. The van der Waals surface area contributed by atoms with Crippen molar-refractivity contribution in [1.82, 2.24) is 15.2 Å². The summed E-state index contributed by atoms with van der Waals surface area (Å²) in [6, 6.07) is 3.31. The smallest absolute Gasteiger partial charge is 0.238 e. The maximum absolute atomic E-state index is 13.0. The Bertz CT molecular complexity index is 759. The highest BCUT2D eigenvalue weighted by Gasteiger charge is 2.58. The summed E-state index contributed by atoms with van der Waals surface area (Å²) >= 11 is 0. The third-order valence-corrected chi connectivity index (χ3v) is 6.80. The zero-order valence-corrected chi connectivity index (χ0v) is 15.1. The number of hydrogen-bond donors (Lipinski definition) is 1. The highest BCUT2D eigenvalue weighted by molar-refractivity contribution is 7.91. The van der Waals surface area contributed by atoms with Gasteiger partial charge in [0.15, 0.2) is 9.84 Å². The summed E-state index contributed by atoms with van der Waals surface area (Å²) in [5.74, 6) is -0.387. The molecule has 2 amide bonds. The quantitative estimate of drug-likeness (QED) is 0.741. The van der Waals surface area contributed by atoms with Gasteiger partial charge in [0.25, 0.3) is 0 Å². The van der Waals surface area contributed by atoms with Crippen LogP contribution in [0.25, 0.3) is 0 Å². The van der Waals surface area contributed by atoms with Crippen molar-refractivity contribution < 1.29 is 18.0 Å². The minimum Gasteiger partial charge on any atom is -0.351 e. The van der Waals surface area contributed by atoms with E-state index in [9.17, 15) is 18.0 Å². The standard InChI is InChI=1S/C17H23N3O4S/c1-2-20(14-5-10-25(23,24)12-14)16(22)17(6-7-17)15(21)19-11-13-3-8-18-9-4-13/h3-4,8-9,14H,2,5-7,10-12H2,1H3,(H,19,21). The third-order valence-electron chi connectivity index (χ3n) is 5.05. The summed E-state index contributed by atoms with van der Waals surface area (Å²) in [6.07, 6.45) is 4.79. The van der Waals surface area contributed by atoms with Crippen LogP contribution in [0.15, 0.2) is 24.5 Å². The first-order valence-electron chi connectivity index (χ1n) is 8.57. The van der Waals surface area contributed by atoms with Gasteiger partial charge >= 0.3 is 0 Å². The van der Waals surface area contributed by atoms with Gasteiger partial charge in [-0.1, -0.05) is 0 Å². The molecule has 0 radical (unpaired) electrons. The summed E-state index contributed by atoms with van der Waals surface area (Å²) in [7, 11) is -3.08. The summed E-state index contributed by atoms with van der Waals surface area (Å²) in [4.78, 5) is 31.1. The number of carbonyl (C=O) groups is 2. The molecular formula is C17H23N3O4S. The molecule has 0 bridgehead atoms. The van der Waals surface area contributed by atoms with Gasteiger partial charge in [0.1, 0.15) is 5.41 Å². The number of hydrogen-bond acceptors (Lipinski definition) is 5. The van der Waals surface area contributed by atoms with E-state index in [4.69, 9.17) is 0 Å². The maximum atomic E-state index is 13.0. The maximum Gasteiger partial charge on any atom is 0.238 e. The molecule has 8 heteroatoms. The van der Waals surface area contributed by atoms with Crippen molar-refractivity contribution in [1.29, 1.82) is 0 Å². The van der Waals surface area contributed by atoms with E-state index in [1.54, 1.807) is 17.3 Å². The lowest BCUT2D eigenvalue weighted by Gasteiger charge is -2.30. The van der Waals surface area contributed by atoms with Crippen LogP contribution in [0.1, 0.15) is 31.7 Å². The fraction of sp³-hybridized carbons (Fsp3) is 0.588. The topological polar surface area (TPSA) is 96.4 Å². The van der Waals surface area contributed by atoms with Gasteiger partial charge in [0.2, 0.25) is 11.8 Å².